The van der Waals surface area contributed by atoms with Crippen LogP contribution in [0.1, 0.15) is 13.8 Å². The third-order valence-corrected chi connectivity index (χ3v) is 2.81. The van der Waals surface area contributed by atoms with Crippen LogP contribution in [0, 0.1) is 5.41 Å². The van der Waals surface area contributed by atoms with Crippen molar-refractivity contribution in [3.05, 3.63) is 23.4 Å². The minimum absolute atomic E-state index is 0.160. The van der Waals surface area contributed by atoms with E-state index in [0.717, 1.165) is 0 Å². The normalized spacial score (nSPS) is 11.2. The van der Waals surface area contributed by atoms with E-state index in [-0.39, 0.29) is 11.8 Å². The molecule has 0 aliphatic heterocycles. The molecule has 5 heteroatoms. The Morgan fingerprint density at radius 2 is 2.20 bits per heavy atom. The van der Waals surface area contributed by atoms with Gasteiger partial charge in [0.05, 0.1) is 10.4 Å². The van der Waals surface area contributed by atoms with Crippen LogP contribution in [0.4, 0.5) is 5.82 Å². The van der Waals surface area contributed by atoms with Gasteiger partial charge in [-0.1, -0.05) is 11.6 Å². The van der Waals surface area contributed by atoms with Crippen LogP contribution in [-0.4, -0.2) is 16.8 Å². The van der Waals surface area contributed by atoms with Crippen molar-refractivity contribution in [2.24, 2.45) is 5.41 Å². The fraction of sp³-hybridized carbons (Fsp3) is 0.400. The molecule has 0 bridgehead atoms. The molecule has 0 saturated heterocycles. The molecule has 0 atom stereocenters. The van der Waals surface area contributed by atoms with Gasteiger partial charge < -0.3 is 5.32 Å². The molecule has 82 valence electrons. The lowest BCUT2D eigenvalue weighted by Crippen LogP contribution is -2.32. The molecule has 0 saturated carbocycles. The van der Waals surface area contributed by atoms with E-state index in [9.17, 15) is 4.79 Å². The number of hydrogen-bond acceptors (Lipinski definition) is 2. The second-order valence-electron chi connectivity index (χ2n) is 3.83. The maximum absolute atomic E-state index is 11.7. The zero-order valence-electron chi connectivity index (χ0n) is 8.55. The summed E-state index contributed by atoms with van der Waals surface area (Å²) in [5, 5.41) is 3.20. The molecular formula is C10H12Cl2N2O. The summed E-state index contributed by atoms with van der Waals surface area (Å²) in [6.45, 7) is 3.54. The van der Waals surface area contributed by atoms with Gasteiger partial charge in [0.15, 0.2) is 0 Å². The van der Waals surface area contributed by atoms with Crippen molar-refractivity contribution >= 4 is 34.9 Å². The van der Waals surface area contributed by atoms with Crippen LogP contribution in [0.3, 0.4) is 0 Å². The second kappa shape index (κ2) is 4.81. The molecule has 1 amide bonds. The van der Waals surface area contributed by atoms with Gasteiger partial charge in [-0.3, -0.25) is 4.79 Å². The fourth-order valence-electron chi connectivity index (χ4n) is 0.796. The van der Waals surface area contributed by atoms with E-state index in [4.69, 9.17) is 23.2 Å². The van der Waals surface area contributed by atoms with E-state index < -0.39 is 5.41 Å². The summed E-state index contributed by atoms with van der Waals surface area (Å²) in [4.78, 5) is 15.6. The lowest BCUT2D eigenvalue weighted by atomic mass is 9.95. The Morgan fingerprint density at radius 1 is 1.53 bits per heavy atom. The van der Waals surface area contributed by atoms with Crippen molar-refractivity contribution in [3.63, 3.8) is 0 Å². The fourth-order valence-corrected chi connectivity index (χ4v) is 1.03. The second-order valence-corrected chi connectivity index (χ2v) is 4.54. The summed E-state index contributed by atoms with van der Waals surface area (Å²) in [5.74, 6) is 0.571. The number of halogens is 2. The van der Waals surface area contributed by atoms with Crippen LogP contribution < -0.4 is 5.32 Å². The van der Waals surface area contributed by atoms with Gasteiger partial charge in [-0.05, 0) is 26.0 Å². The third-order valence-electron chi connectivity index (χ3n) is 1.92. The highest BCUT2D eigenvalue weighted by molar-refractivity contribution is 6.30. The topological polar surface area (TPSA) is 42.0 Å². The summed E-state index contributed by atoms with van der Waals surface area (Å²) in [6.07, 6.45) is 1.48. The molecular weight excluding hydrogens is 235 g/mol. The van der Waals surface area contributed by atoms with Crippen LogP contribution in [-0.2, 0) is 4.79 Å². The molecule has 15 heavy (non-hydrogen) atoms. The number of nitrogens with one attached hydrogen (secondary N) is 1. The van der Waals surface area contributed by atoms with Gasteiger partial charge in [0.2, 0.25) is 5.91 Å². The van der Waals surface area contributed by atoms with Gasteiger partial charge in [0.25, 0.3) is 0 Å². The summed E-state index contributed by atoms with van der Waals surface area (Å²) < 4.78 is 0. The van der Waals surface area contributed by atoms with Gasteiger partial charge in [0, 0.05) is 12.1 Å². The Morgan fingerprint density at radius 3 is 2.67 bits per heavy atom. The van der Waals surface area contributed by atoms with Crippen molar-refractivity contribution in [1.29, 1.82) is 0 Å². The molecule has 1 aromatic heterocycles. The third kappa shape index (κ3) is 3.36. The number of hydrogen-bond donors (Lipinski definition) is 1. The highest BCUT2D eigenvalue weighted by Gasteiger charge is 2.26. The molecule has 1 N–H and O–H groups in total. The van der Waals surface area contributed by atoms with Crippen molar-refractivity contribution in [2.45, 2.75) is 13.8 Å². The van der Waals surface area contributed by atoms with E-state index >= 15 is 0 Å². The summed E-state index contributed by atoms with van der Waals surface area (Å²) in [7, 11) is 0. The van der Waals surface area contributed by atoms with Gasteiger partial charge in [0.1, 0.15) is 5.82 Å². The molecule has 1 aromatic rings. The Balaban J connectivity index is 2.71. The first-order valence-electron chi connectivity index (χ1n) is 4.45. The minimum Gasteiger partial charge on any atom is -0.310 e. The zero-order chi connectivity index (χ0) is 11.5. The number of alkyl halides is 1. The van der Waals surface area contributed by atoms with E-state index in [2.05, 4.69) is 10.3 Å². The number of amides is 1. The maximum Gasteiger partial charge on any atom is 0.232 e. The van der Waals surface area contributed by atoms with Gasteiger partial charge in [-0.15, -0.1) is 11.6 Å². The average Bonchev–Trinajstić information content (AvgIpc) is 2.21. The number of aromatic nitrogens is 1. The minimum atomic E-state index is -0.608. The standard InChI is InChI=1S/C10H12Cl2N2O/c1-10(2,6-11)9(15)14-8-4-3-7(12)5-13-8/h3-5H,6H2,1-2H3,(H,13,14,15). The molecule has 0 radical (unpaired) electrons. The van der Waals surface area contributed by atoms with E-state index in [1.165, 1.54) is 6.20 Å². The molecule has 3 nitrogen and oxygen atoms in total. The van der Waals surface area contributed by atoms with Crippen LogP contribution >= 0.6 is 23.2 Å². The number of rotatable bonds is 3. The van der Waals surface area contributed by atoms with E-state index in [1.807, 2.05) is 0 Å². The molecule has 0 fully saturated rings. The van der Waals surface area contributed by atoms with Crippen molar-refractivity contribution in [2.75, 3.05) is 11.2 Å². The van der Waals surface area contributed by atoms with Crippen LogP contribution in [0.15, 0.2) is 18.3 Å². The first-order chi connectivity index (χ1) is 6.95. The first kappa shape index (κ1) is 12.3. The van der Waals surface area contributed by atoms with Crippen molar-refractivity contribution < 1.29 is 4.79 Å². The van der Waals surface area contributed by atoms with Crippen molar-refractivity contribution in [3.8, 4) is 0 Å². The predicted octanol–water partition coefficient (Wildman–Crippen LogP) is 2.94. The molecule has 0 spiro atoms. The average molecular weight is 247 g/mol. The number of carbonyl (C=O) groups excluding carboxylic acids is 1. The highest BCUT2D eigenvalue weighted by atomic mass is 35.5. The zero-order valence-corrected chi connectivity index (χ0v) is 10.1. The SMILES string of the molecule is CC(C)(CCl)C(=O)Nc1ccc(Cl)cn1. The lowest BCUT2D eigenvalue weighted by molar-refractivity contribution is -0.123. The Labute approximate surface area is 98.8 Å². The molecule has 0 aromatic carbocycles. The van der Waals surface area contributed by atoms with Crippen LogP contribution in [0.5, 0.6) is 0 Å². The number of nitrogens with zero attached hydrogens (tertiary/aromatic N) is 1. The Hall–Kier alpha value is -0.800. The van der Waals surface area contributed by atoms with E-state index in [0.29, 0.717) is 10.8 Å². The summed E-state index contributed by atoms with van der Waals surface area (Å²) in [5.41, 5.74) is -0.608. The smallest absolute Gasteiger partial charge is 0.232 e. The van der Waals surface area contributed by atoms with Crippen molar-refractivity contribution in [1.82, 2.24) is 4.98 Å². The lowest BCUT2D eigenvalue weighted by Gasteiger charge is -2.19. The van der Waals surface area contributed by atoms with Crippen LogP contribution in [0.25, 0.3) is 0 Å². The quantitative estimate of drug-likeness (QED) is 0.834. The largest absolute Gasteiger partial charge is 0.310 e. The predicted molar refractivity (Wildman–Crippen MR) is 62.4 cm³/mol. The van der Waals surface area contributed by atoms with Gasteiger partial charge in [-0.2, -0.15) is 0 Å². The molecule has 0 aliphatic rings. The van der Waals surface area contributed by atoms with Crippen LogP contribution in [0.2, 0.25) is 5.02 Å². The van der Waals surface area contributed by atoms with Gasteiger partial charge >= 0.3 is 0 Å². The molecule has 1 rings (SSSR count). The highest BCUT2D eigenvalue weighted by Crippen LogP contribution is 2.19. The first-order valence-corrected chi connectivity index (χ1v) is 5.36. The summed E-state index contributed by atoms with van der Waals surface area (Å²) in [6, 6.07) is 3.31. The van der Waals surface area contributed by atoms with Gasteiger partial charge in [-0.25, -0.2) is 4.98 Å². The Kier molecular flexibility index (Phi) is 3.94. The number of anilines is 1. The molecule has 1 heterocycles. The van der Waals surface area contributed by atoms with E-state index in [1.54, 1.807) is 26.0 Å². The monoisotopic (exact) mass is 246 g/mol. The molecule has 0 unspecified atom stereocenters. The molecule has 0 aliphatic carbocycles. The summed E-state index contributed by atoms with van der Waals surface area (Å²) >= 11 is 11.3. The maximum atomic E-state index is 11.7. The number of pyridine rings is 1. The number of carbonyl (C=O) groups is 1. The Bertz CT molecular complexity index is 349.